The summed E-state index contributed by atoms with van der Waals surface area (Å²) in [4.78, 5) is 11.1. The first-order valence-corrected chi connectivity index (χ1v) is 8.32. The van der Waals surface area contributed by atoms with E-state index in [-0.39, 0.29) is 0 Å². The van der Waals surface area contributed by atoms with Crippen LogP contribution in [0.2, 0.25) is 0 Å². The summed E-state index contributed by atoms with van der Waals surface area (Å²) in [5, 5.41) is 0. The Morgan fingerprint density at radius 2 is 1.61 bits per heavy atom. The van der Waals surface area contributed by atoms with E-state index in [4.69, 9.17) is 10.5 Å². The molecule has 3 heteroatoms. The van der Waals surface area contributed by atoms with Gasteiger partial charge in [0.05, 0.1) is 0 Å². The lowest BCUT2D eigenvalue weighted by Gasteiger charge is -2.19. The Balaban J connectivity index is 2.23. The number of hydrogen-bond acceptors (Lipinski definition) is 2. The third-order valence-corrected chi connectivity index (χ3v) is 4.00. The van der Waals surface area contributed by atoms with Crippen LogP contribution in [0.25, 0.3) is 0 Å². The molecule has 122 valence electrons. The van der Waals surface area contributed by atoms with E-state index in [0.29, 0.717) is 17.2 Å². The molecule has 0 aromatic heterocycles. The van der Waals surface area contributed by atoms with E-state index in [1.165, 1.54) is 5.56 Å². The molecule has 0 fully saturated rings. The molecule has 0 spiro atoms. The van der Waals surface area contributed by atoms with Crippen LogP contribution in [0.5, 0.6) is 11.5 Å². The summed E-state index contributed by atoms with van der Waals surface area (Å²) in [6.07, 6.45) is 4.64. The van der Waals surface area contributed by atoms with Crippen LogP contribution in [-0.4, -0.2) is 5.91 Å². The average molecular weight is 311 g/mol. The molecule has 2 N–H and O–H groups in total. The largest absolute Gasteiger partial charge is 0.457 e. The molecule has 0 aliphatic carbocycles. The van der Waals surface area contributed by atoms with E-state index >= 15 is 0 Å². The molecule has 3 nitrogen and oxygen atoms in total. The Bertz CT molecular complexity index is 628. The van der Waals surface area contributed by atoms with Gasteiger partial charge in [-0.2, -0.15) is 0 Å². The van der Waals surface area contributed by atoms with Gasteiger partial charge in [0.1, 0.15) is 11.5 Å². The van der Waals surface area contributed by atoms with E-state index in [9.17, 15) is 4.79 Å². The average Bonchev–Trinajstić information content (AvgIpc) is 2.56. The first kappa shape index (κ1) is 17.1. The van der Waals surface area contributed by atoms with Gasteiger partial charge < -0.3 is 10.5 Å². The molecule has 0 saturated heterocycles. The summed E-state index contributed by atoms with van der Waals surface area (Å²) in [7, 11) is 0. The SMILES string of the molecule is CCCC(CCC)c1ccccc1Oc1ccc(C(N)=O)cc1. The van der Waals surface area contributed by atoms with Crippen molar-refractivity contribution in [3.63, 3.8) is 0 Å². The van der Waals surface area contributed by atoms with Crippen molar-refractivity contribution >= 4 is 5.91 Å². The third-order valence-electron chi connectivity index (χ3n) is 4.00. The summed E-state index contributed by atoms with van der Waals surface area (Å²) in [5.74, 6) is 1.70. The quantitative estimate of drug-likeness (QED) is 0.722. The van der Waals surface area contributed by atoms with Crippen molar-refractivity contribution in [2.24, 2.45) is 5.73 Å². The molecule has 0 aliphatic rings. The number of carbonyl (C=O) groups excluding carboxylic acids is 1. The van der Waals surface area contributed by atoms with Crippen LogP contribution in [-0.2, 0) is 0 Å². The van der Waals surface area contributed by atoms with Crippen LogP contribution in [0.4, 0.5) is 0 Å². The molecular formula is C20H25NO2. The number of nitrogens with two attached hydrogens (primary N) is 1. The topological polar surface area (TPSA) is 52.3 Å². The number of ether oxygens (including phenoxy) is 1. The van der Waals surface area contributed by atoms with Gasteiger partial charge in [-0.05, 0) is 54.7 Å². The van der Waals surface area contributed by atoms with Crippen LogP contribution in [0.15, 0.2) is 48.5 Å². The predicted molar refractivity (Wildman–Crippen MR) is 94.0 cm³/mol. The molecule has 0 heterocycles. The molecule has 23 heavy (non-hydrogen) atoms. The van der Waals surface area contributed by atoms with Crippen molar-refractivity contribution in [3.8, 4) is 11.5 Å². The summed E-state index contributed by atoms with van der Waals surface area (Å²) < 4.78 is 6.07. The van der Waals surface area contributed by atoms with E-state index in [0.717, 1.165) is 31.4 Å². The maximum atomic E-state index is 11.1. The second kappa shape index (κ2) is 8.37. The number of benzene rings is 2. The second-order valence-corrected chi connectivity index (χ2v) is 5.80. The number of hydrogen-bond donors (Lipinski definition) is 1. The molecule has 0 atom stereocenters. The highest BCUT2D eigenvalue weighted by molar-refractivity contribution is 5.92. The highest BCUT2D eigenvalue weighted by Crippen LogP contribution is 2.35. The van der Waals surface area contributed by atoms with Crippen LogP contribution in [0.1, 0.15) is 61.4 Å². The molecule has 1 amide bonds. The minimum atomic E-state index is -0.428. The fourth-order valence-electron chi connectivity index (χ4n) is 2.88. The predicted octanol–water partition coefficient (Wildman–Crippen LogP) is 5.26. The molecule has 2 rings (SSSR count). The highest BCUT2D eigenvalue weighted by Gasteiger charge is 2.15. The first-order valence-electron chi connectivity index (χ1n) is 8.32. The lowest BCUT2D eigenvalue weighted by atomic mass is 9.90. The Hall–Kier alpha value is -2.29. The smallest absolute Gasteiger partial charge is 0.248 e. The zero-order chi connectivity index (χ0) is 16.7. The van der Waals surface area contributed by atoms with Crippen LogP contribution in [0.3, 0.4) is 0 Å². The Kier molecular flexibility index (Phi) is 6.21. The maximum Gasteiger partial charge on any atom is 0.248 e. The van der Waals surface area contributed by atoms with Gasteiger partial charge in [-0.25, -0.2) is 0 Å². The van der Waals surface area contributed by atoms with E-state index < -0.39 is 5.91 Å². The Labute approximate surface area is 138 Å². The number of para-hydroxylation sites is 1. The lowest BCUT2D eigenvalue weighted by molar-refractivity contribution is 0.100. The lowest BCUT2D eigenvalue weighted by Crippen LogP contribution is -2.10. The van der Waals surface area contributed by atoms with Crippen LogP contribution >= 0.6 is 0 Å². The summed E-state index contributed by atoms with van der Waals surface area (Å²) in [5.41, 5.74) is 7.01. The van der Waals surface area contributed by atoms with Crippen LogP contribution < -0.4 is 10.5 Å². The van der Waals surface area contributed by atoms with Crippen LogP contribution in [0, 0.1) is 0 Å². The highest BCUT2D eigenvalue weighted by atomic mass is 16.5. The molecule has 0 aliphatic heterocycles. The summed E-state index contributed by atoms with van der Waals surface area (Å²) >= 11 is 0. The molecular weight excluding hydrogens is 286 g/mol. The van der Waals surface area contributed by atoms with Gasteiger partial charge in [-0.1, -0.05) is 44.9 Å². The molecule has 2 aromatic carbocycles. The Morgan fingerprint density at radius 3 is 2.17 bits per heavy atom. The van der Waals surface area contributed by atoms with Gasteiger partial charge in [-0.15, -0.1) is 0 Å². The van der Waals surface area contributed by atoms with E-state index in [2.05, 4.69) is 26.0 Å². The maximum absolute atomic E-state index is 11.1. The van der Waals surface area contributed by atoms with Crippen molar-refractivity contribution in [3.05, 3.63) is 59.7 Å². The van der Waals surface area contributed by atoms with Gasteiger partial charge in [0.15, 0.2) is 0 Å². The van der Waals surface area contributed by atoms with Gasteiger partial charge >= 0.3 is 0 Å². The molecule has 0 bridgehead atoms. The van der Waals surface area contributed by atoms with E-state index in [1.54, 1.807) is 24.3 Å². The van der Waals surface area contributed by atoms with Crippen molar-refractivity contribution in [2.75, 3.05) is 0 Å². The number of rotatable bonds is 8. The molecule has 0 unspecified atom stereocenters. The fraction of sp³-hybridized carbons (Fsp3) is 0.350. The van der Waals surface area contributed by atoms with Gasteiger partial charge in [0.25, 0.3) is 0 Å². The van der Waals surface area contributed by atoms with Gasteiger partial charge in [0.2, 0.25) is 5.91 Å². The number of amides is 1. The Morgan fingerprint density at radius 1 is 1.00 bits per heavy atom. The van der Waals surface area contributed by atoms with Crippen molar-refractivity contribution in [1.82, 2.24) is 0 Å². The van der Waals surface area contributed by atoms with Crippen molar-refractivity contribution in [1.29, 1.82) is 0 Å². The second-order valence-electron chi connectivity index (χ2n) is 5.80. The van der Waals surface area contributed by atoms with Gasteiger partial charge in [0, 0.05) is 5.56 Å². The first-order chi connectivity index (χ1) is 11.2. The van der Waals surface area contributed by atoms with Crippen molar-refractivity contribution < 1.29 is 9.53 Å². The monoisotopic (exact) mass is 311 g/mol. The zero-order valence-electron chi connectivity index (χ0n) is 13.9. The van der Waals surface area contributed by atoms with Gasteiger partial charge in [-0.3, -0.25) is 4.79 Å². The molecule has 0 radical (unpaired) electrons. The normalized spacial score (nSPS) is 10.7. The number of primary amides is 1. The minimum absolute atomic E-state index is 0.428. The molecule has 0 saturated carbocycles. The molecule has 2 aromatic rings. The summed E-state index contributed by atoms with van der Waals surface area (Å²) in [6.45, 7) is 4.43. The fourth-order valence-corrected chi connectivity index (χ4v) is 2.88. The third kappa shape index (κ3) is 4.59. The minimum Gasteiger partial charge on any atom is -0.457 e. The standard InChI is InChI=1S/C20H25NO2/c1-3-7-15(8-4-2)18-9-5-6-10-19(18)23-17-13-11-16(12-14-17)20(21)22/h5-6,9-15H,3-4,7-8H2,1-2H3,(H2,21,22). The zero-order valence-corrected chi connectivity index (χ0v) is 13.9. The van der Waals surface area contributed by atoms with E-state index in [1.807, 2.05) is 12.1 Å². The number of carbonyl (C=O) groups is 1. The summed E-state index contributed by atoms with van der Waals surface area (Å²) in [6, 6.07) is 15.2. The van der Waals surface area contributed by atoms with Crippen molar-refractivity contribution in [2.45, 2.75) is 45.4 Å².